The molecule has 0 aliphatic heterocycles. The Labute approximate surface area is 165 Å². The maximum absolute atomic E-state index is 12.5. The molecule has 0 unspecified atom stereocenters. The van der Waals surface area contributed by atoms with Crippen LogP contribution in [0.1, 0.15) is 26.3 Å². The molecule has 1 heterocycles. The number of benzene rings is 2. The second kappa shape index (κ2) is 7.82. The van der Waals surface area contributed by atoms with Crippen molar-refractivity contribution < 1.29 is 18.8 Å². The lowest BCUT2D eigenvalue weighted by Gasteiger charge is -2.07. The zero-order chi connectivity index (χ0) is 19.6. The molecule has 0 fully saturated rings. The first-order valence-corrected chi connectivity index (χ1v) is 8.58. The van der Waals surface area contributed by atoms with Gasteiger partial charge in [0, 0.05) is 11.1 Å². The van der Waals surface area contributed by atoms with Gasteiger partial charge in [0.2, 0.25) is 5.88 Å². The Balaban J connectivity index is 2.06. The number of aromatic nitrogens is 1. The number of rotatable bonds is 4. The molecule has 0 saturated carbocycles. The van der Waals surface area contributed by atoms with Gasteiger partial charge in [-0.1, -0.05) is 52.1 Å². The van der Waals surface area contributed by atoms with E-state index in [1.165, 1.54) is 7.11 Å². The van der Waals surface area contributed by atoms with Crippen LogP contribution in [0.25, 0.3) is 11.3 Å². The van der Waals surface area contributed by atoms with Gasteiger partial charge in [-0.05, 0) is 31.2 Å². The average molecular weight is 405 g/mol. The largest absolute Gasteiger partial charge is 0.465 e. The van der Waals surface area contributed by atoms with Gasteiger partial charge in [-0.2, -0.15) is 0 Å². The van der Waals surface area contributed by atoms with Gasteiger partial charge in [0.05, 0.1) is 17.2 Å². The van der Waals surface area contributed by atoms with E-state index in [0.29, 0.717) is 11.1 Å². The number of carbonyl (C=O) groups excluding carboxylic acids is 2. The quantitative estimate of drug-likeness (QED) is 0.618. The predicted octanol–water partition coefficient (Wildman–Crippen LogP) is 5.00. The van der Waals surface area contributed by atoms with E-state index in [0.717, 1.165) is 5.56 Å². The molecule has 8 heteroatoms. The third-order valence-electron chi connectivity index (χ3n) is 3.79. The number of methoxy groups -OCH3 is 1. The predicted molar refractivity (Wildman–Crippen MR) is 102 cm³/mol. The summed E-state index contributed by atoms with van der Waals surface area (Å²) < 4.78 is 10.0. The van der Waals surface area contributed by atoms with Crippen molar-refractivity contribution in [2.45, 2.75) is 6.92 Å². The van der Waals surface area contributed by atoms with Crippen LogP contribution in [0.5, 0.6) is 0 Å². The highest BCUT2D eigenvalue weighted by molar-refractivity contribution is 6.39. The van der Waals surface area contributed by atoms with Crippen LogP contribution < -0.4 is 5.32 Å². The lowest BCUT2D eigenvalue weighted by Crippen LogP contribution is -2.14. The first-order valence-electron chi connectivity index (χ1n) is 7.82. The summed E-state index contributed by atoms with van der Waals surface area (Å²) in [6, 6.07) is 11.8. The molecule has 0 radical (unpaired) electrons. The van der Waals surface area contributed by atoms with E-state index in [1.807, 2.05) is 13.0 Å². The summed E-state index contributed by atoms with van der Waals surface area (Å²) in [5.41, 5.74) is 1.63. The standard InChI is InChI=1S/C19H14Cl2N2O4/c1-10-5-3-6-11(9-10)17(24)22-18-15(19(25)26-2)16(23-27-18)14-12(20)7-4-8-13(14)21/h3-9H,1-2H3,(H,22,24). The lowest BCUT2D eigenvalue weighted by molar-refractivity contribution is 0.0602. The number of esters is 1. The molecule has 6 nitrogen and oxygen atoms in total. The normalized spacial score (nSPS) is 10.5. The van der Waals surface area contributed by atoms with Gasteiger partial charge in [-0.3, -0.25) is 10.1 Å². The van der Waals surface area contributed by atoms with E-state index >= 15 is 0 Å². The molecule has 138 valence electrons. The van der Waals surface area contributed by atoms with Crippen molar-refractivity contribution in [3.8, 4) is 11.3 Å². The van der Waals surface area contributed by atoms with E-state index in [1.54, 1.807) is 36.4 Å². The minimum Gasteiger partial charge on any atom is -0.465 e. The molecule has 1 amide bonds. The minimum atomic E-state index is -0.748. The number of anilines is 1. The Hall–Kier alpha value is -2.83. The third kappa shape index (κ3) is 3.82. The molecule has 3 aromatic rings. The first kappa shape index (κ1) is 18.9. The number of ether oxygens (including phenoxy) is 1. The fraction of sp³-hybridized carbons (Fsp3) is 0.105. The van der Waals surface area contributed by atoms with Crippen LogP contribution in [0, 0.1) is 6.92 Å². The molecule has 0 aliphatic carbocycles. The van der Waals surface area contributed by atoms with Crippen LogP contribution in [0.3, 0.4) is 0 Å². The van der Waals surface area contributed by atoms with Crippen molar-refractivity contribution in [2.24, 2.45) is 0 Å². The molecule has 0 atom stereocenters. The highest BCUT2D eigenvalue weighted by Gasteiger charge is 2.28. The van der Waals surface area contributed by atoms with Gasteiger partial charge < -0.3 is 9.26 Å². The van der Waals surface area contributed by atoms with Crippen molar-refractivity contribution in [3.63, 3.8) is 0 Å². The van der Waals surface area contributed by atoms with Crippen LogP contribution in [0.4, 0.5) is 5.88 Å². The minimum absolute atomic E-state index is 0.0755. The monoisotopic (exact) mass is 404 g/mol. The molecule has 27 heavy (non-hydrogen) atoms. The SMILES string of the molecule is COC(=O)c1c(-c2c(Cl)cccc2Cl)noc1NC(=O)c1cccc(C)c1. The summed E-state index contributed by atoms with van der Waals surface area (Å²) in [5, 5.41) is 6.98. The summed E-state index contributed by atoms with van der Waals surface area (Å²) in [6.45, 7) is 1.86. The number of carbonyl (C=O) groups is 2. The number of hydrogen-bond donors (Lipinski definition) is 1. The number of nitrogens with zero attached hydrogens (tertiary/aromatic N) is 1. The maximum atomic E-state index is 12.5. The third-order valence-corrected chi connectivity index (χ3v) is 4.42. The number of aryl methyl sites for hydroxylation is 1. The molecule has 1 N–H and O–H groups in total. The van der Waals surface area contributed by atoms with E-state index < -0.39 is 11.9 Å². The van der Waals surface area contributed by atoms with Crippen molar-refractivity contribution in [1.82, 2.24) is 5.16 Å². The van der Waals surface area contributed by atoms with Gasteiger partial charge in [0.15, 0.2) is 5.56 Å². The molecule has 1 aromatic heterocycles. The van der Waals surface area contributed by atoms with Crippen LogP contribution >= 0.6 is 23.2 Å². The van der Waals surface area contributed by atoms with Crippen LogP contribution in [0.15, 0.2) is 47.0 Å². The van der Waals surface area contributed by atoms with Crippen molar-refractivity contribution in [3.05, 3.63) is 69.2 Å². The highest BCUT2D eigenvalue weighted by Crippen LogP contribution is 2.38. The lowest BCUT2D eigenvalue weighted by atomic mass is 10.1. The van der Waals surface area contributed by atoms with Crippen LogP contribution in [-0.4, -0.2) is 24.1 Å². The Morgan fingerprint density at radius 2 is 1.78 bits per heavy atom. The second-order valence-electron chi connectivity index (χ2n) is 5.65. The second-order valence-corrected chi connectivity index (χ2v) is 6.46. The van der Waals surface area contributed by atoms with E-state index in [9.17, 15) is 9.59 Å². The van der Waals surface area contributed by atoms with Crippen molar-refractivity contribution in [2.75, 3.05) is 12.4 Å². The molecular formula is C19H14Cl2N2O4. The summed E-state index contributed by atoms with van der Waals surface area (Å²) in [6.07, 6.45) is 0. The number of halogens is 2. The molecule has 0 spiro atoms. The Morgan fingerprint density at radius 1 is 1.11 bits per heavy atom. The highest BCUT2D eigenvalue weighted by atomic mass is 35.5. The Morgan fingerprint density at radius 3 is 2.41 bits per heavy atom. The maximum Gasteiger partial charge on any atom is 0.345 e. The number of amides is 1. The summed E-state index contributed by atoms with van der Waals surface area (Å²) in [4.78, 5) is 24.8. The van der Waals surface area contributed by atoms with E-state index in [-0.39, 0.29) is 27.2 Å². The molecule has 0 bridgehead atoms. The van der Waals surface area contributed by atoms with Crippen molar-refractivity contribution >= 4 is 41.0 Å². The van der Waals surface area contributed by atoms with Gasteiger partial charge in [-0.25, -0.2) is 4.79 Å². The summed E-state index contributed by atoms with van der Waals surface area (Å²) >= 11 is 12.4. The van der Waals surface area contributed by atoms with Gasteiger partial charge >= 0.3 is 5.97 Å². The van der Waals surface area contributed by atoms with Gasteiger partial charge in [0.25, 0.3) is 5.91 Å². The van der Waals surface area contributed by atoms with E-state index in [4.69, 9.17) is 32.5 Å². The smallest absolute Gasteiger partial charge is 0.345 e. The van der Waals surface area contributed by atoms with Crippen LogP contribution in [-0.2, 0) is 4.74 Å². The Kier molecular flexibility index (Phi) is 5.48. The molecule has 3 rings (SSSR count). The average Bonchev–Trinajstić information content (AvgIpc) is 3.04. The van der Waals surface area contributed by atoms with Gasteiger partial charge in [-0.15, -0.1) is 0 Å². The topological polar surface area (TPSA) is 81.4 Å². The molecular weight excluding hydrogens is 391 g/mol. The summed E-state index contributed by atoms with van der Waals surface area (Å²) in [7, 11) is 1.21. The Bertz CT molecular complexity index is 1010. The molecule has 0 saturated heterocycles. The fourth-order valence-electron chi connectivity index (χ4n) is 2.52. The first-order chi connectivity index (χ1) is 12.9. The van der Waals surface area contributed by atoms with Crippen LogP contribution in [0.2, 0.25) is 10.0 Å². The number of nitrogens with one attached hydrogen (secondary N) is 1. The number of hydrogen-bond acceptors (Lipinski definition) is 5. The van der Waals surface area contributed by atoms with E-state index in [2.05, 4.69) is 10.5 Å². The summed E-state index contributed by atoms with van der Waals surface area (Å²) in [5.74, 6) is -1.36. The van der Waals surface area contributed by atoms with Gasteiger partial charge in [0.1, 0.15) is 5.69 Å². The molecule has 2 aromatic carbocycles. The molecule has 0 aliphatic rings. The van der Waals surface area contributed by atoms with Crippen molar-refractivity contribution in [1.29, 1.82) is 0 Å². The fourth-order valence-corrected chi connectivity index (χ4v) is 3.10. The zero-order valence-corrected chi connectivity index (χ0v) is 15.9. The zero-order valence-electron chi connectivity index (χ0n) is 14.4.